The van der Waals surface area contributed by atoms with E-state index in [1.807, 2.05) is 49.0 Å². The van der Waals surface area contributed by atoms with Gasteiger partial charge in [-0.1, -0.05) is 61.8 Å². The molecule has 18 heteroatoms. The van der Waals surface area contributed by atoms with Gasteiger partial charge < -0.3 is 34.6 Å². The fourth-order valence-electron chi connectivity index (χ4n) is 12.8. The summed E-state index contributed by atoms with van der Waals surface area (Å²) in [7, 11) is 4.85. The van der Waals surface area contributed by atoms with Crippen molar-refractivity contribution in [3.63, 3.8) is 0 Å². The first-order valence-corrected chi connectivity index (χ1v) is 27.3. The highest BCUT2D eigenvalue weighted by Crippen LogP contribution is 2.57. The van der Waals surface area contributed by atoms with Crippen molar-refractivity contribution >= 4 is 52.1 Å². The number of anilines is 1. The van der Waals surface area contributed by atoms with Crippen LogP contribution in [0.4, 0.5) is 19.4 Å². The Hall–Kier alpha value is -6.14. The lowest BCUT2D eigenvalue weighted by atomic mass is 9.77. The second kappa shape index (κ2) is 22.4. The van der Waals surface area contributed by atoms with E-state index in [1.54, 1.807) is 4.90 Å². The molecule has 3 saturated heterocycles. The van der Waals surface area contributed by atoms with E-state index < -0.39 is 35.1 Å². The molecule has 1 aliphatic carbocycles. The van der Waals surface area contributed by atoms with Crippen LogP contribution in [0.5, 0.6) is 11.5 Å². The lowest BCUT2D eigenvalue weighted by Gasteiger charge is -2.41. The summed E-state index contributed by atoms with van der Waals surface area (Å²) in [5.41, 5.74) is 2.32. The van der Waals surface area contributed by atoms with Crippen LogP contribution < -0.4 is 30.3 Å². The molecule has 10 rings (SSSR count). The maximum absolute atomic E-state index is 16.8. The lowest BCUT2D eigenvalue weighted by Crippen LogP contribution is -2.49. The summed E-state index contributed by atoms with van der Waals surface area (Å²) in [6.45, 7) is 9.80. The average Bonchev–Trinajstić information content (AvgIpc) is 3.97. The van der Waals surface area contributed by atoms with Gasteiger partial charge in [-0.05, 0) is 105 Å². The fourth-order valence-corrected chi connectivity index (χ4v) is 13.1. The number of likely N-dealkylation sites (tertiary alicyclic amines) is 2. The van der Waals surface area contributed by atoms with Gasteiger partial charge in [0.15, 0.2) is 23.0 Å². The smallest absolute Gasteiger partial charge is 0.329 e. The van der Waals surface area contributed by atoms with E-state index in [9.17, 15) is 19.2 Å². The van der Waals surface area contributed by atoms with Crippen LogP contribution in [0, 0.1) is 29.4 Å². The van der Waals surface area contributed by atoms with Gasteiger partial charge >= 0.3 is 6.03 Å². The number of urea groups is 1. The number of imide groups is 1. The Kier molecular flexibility index (Phi) is 15.7. The van der Waals surface area contributed by atoms with Gasteiger partial charge in [0.2, 0.25) is 11.8 Å². The van der Waals surface area contributed by atoms with Crippen LogP contribution >= 0.6 is 11.6 Å². The number of aromatic nitrogens is 2. The number of amides is 5. The second-order valence-electron chi connectivity index (χ2n) is 21.6. The van der Waals surface area contributed by atoms with Crippen molar-refractivity contribution in [2.45, 2.75) is 88.7 Å². The molecular formula is C58H69ClF2N8O7. The van der Waals surface area contributed by atoms with E-state index in [4.69, 9.17) is 25.8 Å². The molecule has 1 aromatic heterocycles. The molecule has 0 bridgehead atoms. The topological polar surface area (TPSA) is 160 Å². The Balaban J connectivity index is 0.743. The molecule has 4 fully saturated rings. The first kappa shape index (κ1) is 53.3. The number of ether oxygens (including phenoxy) is 3. The number of nitrogens with zero attached hydrogens (tertiary/aromatic N) is 5. The lowest BCUT2D eigenvalue weighted by molar-refractivity contribution is -0.138. The number of fused-ring (bicyclic) bond motifs is 2. The Morgan fingerprint density at radius 1 is 0.921 bits per heavy atom. The minimum absolute atomic E-state index is 0.0309. The zero-order valence-corrected chi connectivity index (χ0v) is 44.8. The van der Waals surface area contributed by atoms with Crippen molar-refractivity contribution < 1.29 is 42.2 Å². The van der Waals surface area contributed by atoms with Crippen LogP contribution in [-0.2, 0) is 27.0 Å². The van der Waals surface area contributed by atoms with Gasteiger partial charge in [0.25, 0.3) is 5.91 Å². The maximum atomic E-state index is 16.8. The van der Waals surface area contributed by atoms with Gasteiger partial charge in [0.05, 0.1) is 22.7 Å². The minimum Gasteiger partial charge on any atom is -0.488 e. The zero-order chi connectivity index (χ0) is 53.4. The third kappa shape index (κ3) is 10.3. The Morgan fingerprint density at radius 3 is 2.39 bits per heavy atom. The zero-order valence-electron chi connectivity index (χ0n) is 44.1. The summed E-state index contributed by atoms with van der Waals surface area (Å²) < 4.78 is 52.4. The molecule has 5 heterocycles. The summed E-state index contributed by atoms with van der Waals surface area (Å²) in [4.78, 5) is 58.1. The third-order valence-corrected chi connectivity index (χ3v) is 17.4. The van der Waals surface area contributed by atoms with E-state index in [2.05, 4.69) is 56.0 Å². The van der Waals surface area contributed by atoms with E-state index in [0.717, 1.165) is 94.1 Å². The van der Waals surface area contributed by atoms with Crippen molar-refractivity contribution in [2.24, 2.45) is 24.8 Å². The highest BCUT2D eigenvalue weighted by Gasteiger charge is 2.50. The predicted molar refractivity (Wildman–Crippen MR) is 287 cm³/mol. The predicted octanol–water partition coefficient (Wildman–Crippen LogP) is 8.91. The van der Waals surface area contributed by atoms with Crippen LogP contribution in [0.3, 0.4) is 0 Å². The molecule has 5 aliphatic rings. The molecule has 5 amide bonds. The molecule has 1 saturated carbocycles. The summed E-state index contributed by atoms with van der Waals surface area (Å²) in [5.74, 6) is -0.754. The number of piperidine rings is 2. The molecule has 4 aromatic carbocycles. The summed E-state index contributed by atoms with van der Waals surface area (Å²) in [5, 5.41) is 14.0. The van der Waals surface area contributed by atoms with Crippen LogP contribution in [-0.4, -0.2) is 123 Å². The number of benzene rings is 4. The summed E-state index contributed by atoms with van der Waals surface area (Å²) in [6.07, 6.45) is 6.41. The molecule has 76 heavy (non-hydrogen) atoms. The number of aryl methyl sites for hydroxylation is 1. The van der Waals surface area contributed by atoms with E-state index in [1.165, 1.54) is 37.9 Å². The standard InChI is InChI=1S/C58H69ClF2N8O7/c1-34-31-67(23-21-41(34)38-13-16-42-45(29-38)66(4)65-54(42)69-26-22-48(70)64-57(69)73)32-36-19-24-68(25-20-36)56(72)37-11-14-40(15-12-37)63-33-58(39-9-7-6-8-10-39)35(2)49-47(76-58)30-44(60)52(59)51(49)50-43(55(71)62-3)17-18-46(53(50)61)75-28-27-74-5/h6-10,13,16-18,29-30,34-37,40-41,63H,11-12,14-15,19-28,31-33H2,1-5H3,(H,62,71)(H,64,70,73)/t34-,35+,37?,40?,41+,58+/m1/s1. The highest BCUT2D eigenvalue weighted by atomic mass is 35.5. The van der Waals surface area contributed by atoms with Gasteiger partial charge in [-0.25, -0.2) is 13.6 Å². The van der Waals surface area contributed by atoms with Crippen molar-refractivity contribution in [3.05, 3.63) is 106 Å². The Labute approximate surface area is 447 Å². The monoisotopic (exact) mass is 1060 g/mol. The second-order valence-corrected chi connectivity index (χ2v) is 21.9. The van der Waals surface area contributed by atoms with Gasteiger partial charge in [0, 0.05) is 113 Å². The number of hydrogen-bond acceptors (Lipinski definition) is 10. The molecule has 4 atom stereocenters. The molecule has 5 aromatic rings. The molecule has 4 aliphatic heterocycles. The van der Waals surface area contributed by atoms with E-state index in [-0.39, 0.29) is 76.6 Å². The largest absolute Gasteiger partial charge is 0.488 e. The Bertz CT molecular complexity index is 3000. The molecule has 15 nitrogen and oxygen atoms in total. The fraction of sp³-hybridized carbons (Fsp3) is 0.500. The van der Waals surface area contributed by atoms with E-state index >= 15 is 8.78 Å². The number of rotatable bonds is 15. The Morgan fingerprint density at radius 2 is 1.68 bits per heavy atom. The number of nitrogens with one attached hydrogen (secondary N) is 3. The number of methoxy groups -OCH3 is 1. The van der Waals surface area contributed by atoms with Crippen molar-refractivity contribution in [2.75, 3.05) is 78.1 Å². The number of halogens is 3. The van der Waals surface area contributed by atoms with Crippen molar-refractivity contribution in [3.8, 4) is 22.6 Å². The van der Waals surface area contributed by atoms with Gasteiger partial charge in [-0.15, -0.1) is 0 Å². The average molecular weight is 1060 g/mol. The number of carbonyl (C=O) groups is 4. The maximum Gasteiger partial charge on any atom is 0.329 e. The minimum atomic E-state index is -1.07. The molecule has 3 N–H and O–H groups in total. The van der Waals surface area contributed by atoms with Crippen molar-refractivity contribution in [1.29, 1.82) is 0 Å². The van der Waals surface area contributed by atoms with Crippen LogP contribution in [0.15, 0.2) is 66.7 Å². The van der Waals surface area contributed by atoms with Crippen LogP contribution in [0.25, 0.3) is 22.0 Å². The molecule has 404 valence electrons. The molecule has 0 spiro atoms. The highest BCUT2D eigenvalue weighted by molar-refractivity contribution is 6.34. The van der Waals surface area contributed by atoms with E-state index in [0.29, 0.717) is 42.2 Å². The first-order chi connectivity index (χ1) is 36.7. The quantitative estimate of drug-likeness (QED) is 0.0865. The summed E-state index contributed by atoms with van der Waals surface area (Å²) >= 11 is 6.84. The molecule has 0 unspecified atom stereocenters. The SMILES string of the molecule is CNC(=O)c1ccc(OCCOC)c(F)c1-c1c(Cl)c(F)cc2c1[C@H](C)[C@@](CNC1CCC(C(=O)N3CCC(CN4CC[C@H](c5ccc6c(N7CCC(=O)NC7=O)nn(C)c6c5)[C@H](C)C4)CC3)CC1)(c1ccccc1)O2. The number of hydrogen-bond donors (Lipinski definition) is 3. The first-order valence-electron chi connectivity index (χ1n) is 26.9. The van der Waals surface area contributed by atoms with Gasteiger partial charge in [-0.2, -0.15) is 5.10 Å². The summed E-state index contributed by atoms with van der Waals surface area (Å²) in [6, 6.07) is 19.9. The van der Waals surface area contributed by atoms with Crippen molar-refractivity contribution in [1.82, 2.24) is 35.5 Å². The number of carbonyl (C=O) groups excluding carboxylic acids is 4. The van der Waals surface area contributed by atoms with Gasteiger partial charge in [-0.3, -0.25) is 29.3 Å². The third-order valence-electron chi connectivity index (χ3n) is 17.0. The molecular weight excluding hydrogens is 994 g/mol. The van der Waals surface area contributed by atoms with Crippen LogP contribution in [0.1, 0.15) is 104 Å². The normalized spacial score (nSPS) is 24.3. The molecule has 0 radical (unpaired) electrons. The van der Waals surface area contributed by atoms with Crippen LogP contribution in [0.2, 0.25) is 5.02 Å². The van der Waals surface area contributed by atoms with Gasteiger partial charge in [0.1, 0.15) is 18.2 Å².